The van der Waals surface area contributed by atoms with Crippen molar-refractivity contribution < 1.29 is 14.0 Å². The summed E-state index contributed by atoms with van der Waals surface area (Å²) in [6.07, 6.45) is 4.88. The van der Waals surface area contributed by atoms with Gasteiger partial charge in [0.05, 0.1) is 6.04 Å². The average Bonchev–Trinajstić information content (AvgIpc) is 3.37. The van der Waals surface area contributed by atoms with Crippen LogP contribution in [-0.2, 0) is 9.59 Å². The largest absolute Gasteiger partial charge is 0.459 e. The third kappa shape index (κ3) is 3.94. The van der Waals surface area contributed by atoms with Gasteiger partial charge in [0.2, 0.25) is 11.8 Å². The molecule has 0 bridgehead atoms. The van der Waals surface area contributed by atoms with Gasteiger partial charge in [-0.1, -0.05) is 30.3 Å². The van der Waals surface area contributed by atoms with Crippen molar-refractivity contribution in [1.29, 1.82) is 0 Å². The molecule has 1 aromatic heterocycles. The van der Waals surface area contributed by atoms with Crippen molar-refractivity contribution in [3.8, 4) is 0 Å². The molecule has 4 rings (SSSR count). The lowest BCUT2D eigenvalue weighted by Gasteiger charge is -2.21. The van der Waals surface area contributed by atoms with E-state index in [2.05, 4.69) is 0 Å². The first-order chi connectivity index (χ1) is 14.0. The number of rotatable bonds is 5. The summed E-state index contributed by atoms with van der Waals surface area (Å²) in [6, 6.07) is 17.3. The van der Waals surface area contributed by atoms with E-state index in [9.17, 15) is 9.59 Å². The second-order valence-electron chi connectivity index (χ2n) is 7.39. The van der Waals surface area contributed by atoms with Gasteiger partial charge < -0.3 is 14.2 Å². The van der Waals surface area contributed by atoms with E-state index in [1.54, 1.807) is 29.0 Å². The number of hydrogen-bond donors (Lipinski definition) is 0. The van der Waals surface area contributed by atoms with Gasteiger partial charge in [-0.2, -0.15) is 0 Å². The molecular weight excluding hydrogens is 364 g/mol. The first kappa shape index (κ1) is 19.0. The van der Waals surface area contributed by atoms with Crippen molar-refractivity contribution in [1.82, 2.24) is 4.90 Å². The van der Waals surface area contributed by atoms with Crippen LogP contribution in [0.25, 0.3) is 17.0 Å². The Bertz CT molecular complexity index is 1030. The second-order valence-corrected chi connectivity index (χ2v) is 7.39. The molecule has 2 aromatic carbocycles. The zero-order chi connectivity index (χ0) is 20.4. The summed E-state index contributed by atoms with van der Waals surface area (Å²) < 4.78 is 5.88. The lowest BCUT2D eigenvalue weighted by molar-refractivity contribution is -0.126. The Balaban J connectivity index is 1.42. The van der Waals surface area contributed by atoms with Crippen LogP contribution in [0.3, 0.4) is 0 Å². The Labute approximate surface area is 170 Å². The van der Waals surface area contributed by atoms with Crippen LogP contribution in [0, 0.1) is 0 Å². The fourth-order valence-electron chi connectivity index (χ4n) is 3.56. The van der Waals surface area contributed by atoms with Crippen molar-refractivity contribution in [3.05, 3.63) is 72.0 Å². The fourth-order valence-corrected chi connectivity index (χ4v) is 3.56. The summed E-state index contributed by atoms with van der Waals surface area (Å²) in [6.45, 7) is 2.72. The van der Waals surface area contributed by atoms with Gasteiger partial charge in [-0.25, -0.2) is 0 Å². The number of hydrogen-bond acceptors (Lipinski definition) is 3. The van der Waals surface area contributed by atoms with Crippen molar-refractivity contribution in [2.24, 2.45) is 0 Å². The summed E-state index contributed by atoms with van der Waals surface area (Å²) >= 11 is 0. The number of carbonyl (C=O) groups excluding carboxylic acids is 2. The monoisotopic (exact) mass is 388 g/mol. The molecule has 0 spiro atoms. The number of furan rings is 1. The summed E-state index contributed by atoms with van der Waals surface area (Å²) in [5, 5.41) is 1.03. The Hall–Kier alpha value is -3.34. The molecule has 3 aromatic rings. The highest BCUT2D eigenvalue weighted by Gasteiger charge is 2.21. The summed E-state index contributed by atoms with van der Waals surface area (Å²) in [5.74, 6) is 0.830. The maximum Gasteiger partial charge on any atom is 0.246 e. The minimum atomic E-state index is -0.178. The van der Waals surface area contributed by atoms with Gasteiger partial charge in [-0.05, 0) is 49.2 Å². The lowest BCUT2D eigenvalue weighted by Crippen LogP contribution is -2.27. The first-order valence-corrected chi connectivity index (χ1v) is 9.87. The Morgan fingerprint density at radius 1 is 1.17 bits per heavy atom. The second kappa shape index (κ2) is 7.95. The van der Waals surface area contributed by atoms with Crippen molar-refractivity contribution >= 4 is 34.5 Å². The minimum Gasteiger partial charge on any atom is -0.459 e. The van der Waals surface area contributed by atoms with Gasteiger partial charge in [0.25, 0.3) is 0 Å². The maximum atomic E-state index is 12.6. The standard InChI is InChI=1S/C24H24N2O3/c1-17(22-16-19-6-3-4-7-21(19)29-22)25(2)23(27)14-11-18-9-12-20(13-10-18)26-15-5-8-24(26)28/h3-4,6-7,9-14,16-17H,5,8,15H2,1-2H3/b14-11+. The molecule has 5 heteroatoms. The number of nitrogens with zero attached hydrogens (tertiary/aromatic N) is 2. The van der Waals surface area contributed by atoms with Crippen LogP contribution in [0.5, 0.6) is 0 Å². The van der Waals surface area contributed by atoms with E-state index in [-0.39, 0.29) is 17.9 Å². The van der Waals surface area contributed by atoms with Crippen LogP contribution >= 0.6 is 0 Å². The predicted octanol–water partition coefficient (Wildman–Crippen LogP) is 4.79. The highest BCUT2D eigenvalue weighted by molar-refractivity contribution is 5.95. The zero-order valence-electron chi connectivity index (χ0n) is 16.7. The zero-order valence-corrected chi connectivity index (χ0v) is 16.7. The SMILES string of the molecule is CC(c1cc2ccccc2o1)N(C)C(=O)/C=C/c1ccc(N2CCCC2=O)cc1. The molecular formula is C24H24N2O3. The van der Waals surface area contributed by atoms with Crippen LogP contribution in [0.15, 0.2) is 65.1 Å². The van der Waals surface area contributed by atoms with Crippen molar-refractivity contribution in [3.63, 3.8) is 0 Å². The van der Waals surface area contributed by atoms with E-state index in [0.717, 1.165) is 40.9 Å². The average molecular weight is 388 g/mol. The summed E-state index contributed by atoms with van der Waals surface area (Å²) in [5.41, 5.74) is 2.65. The Kier molecular flexibility index (Phi) is 5.21. The van der Waals surface area contributed by atoms with Crippen molar-refractivity contribution in [2.45, 2.75) is 25.8 Å². The minimum absolute atomic E-state index is 0.100. The molecule has 0 aliphatic carbocycles. The van der Waals surface area contributed by atoms with E-state index in [1.165, 1.54) is 0 Å². The molecule has 1 aliphatic heterocycles. The molecule has 5 nitrogen and oxygen atoms in total. The number of para-hydroxylation sites is 1. The van der Waals surface area contributed by atoms with Gasteiger partial charge in [0.15, 0.2) is 0 Å². The molecule has 1 fully saturated rings. The smallest absolute Gasteiger partial charge is 0.246 e. The van der Waals surface area contributed by atoms with Crippen LogP contribution in [0.4, 0.5) is 5.69 Å². The quantitative estimate of drug-likeness (QED) is 0.591. The molecule has 1 saturated heterocycles. The molecule has 2 amide bonds. The summed E-state index contributed by atoms with van der Waals surface area (Å²) in [7, 11) is 1.77. The predicted molar refractivity (Wildman–Crippen MR) is 114 cm³/mol. The Morgan fingerprint density at radius 3 is 2.62 bits per heavy atom. The van der Waals surface area contributed by atoms with E-state index in [0.29, 0.717) is 6.42 Å². The third-order valence-corrected chi connectivity index (χ3v) is 5.48. The van der Waals surface area contributed by atoms with Gasteiger partial charge in [0.1, 0.15) is 11.3 Å². The van der Waals surface area contributed by atoms with Gasteiger partial charge in [-0.15, -0.1) is 0 Å². The van der Waals surface area contributed by atoms with Gasteiger partial charge >= 0.3 is 0 Å². The molecule has 29 heavy (non-hydrogen) atoms. The molecule has 0 radical (unpaired) electrons. The number of carbonyl (C=O) groups is 2. The first-order valence-electron chi connectivity index (χ1n) is 9.87. The van der Waals surface area contributed by atoms with Crippen LogP contribution in [0.1, 0.15) is 37.1 Å². The number of fused-ring (bicyclic) bond motifs is 1. The molecule has 148 valence electrons. The molecule has 0 N–H and O–H groups in total. The number of benzene rings is 2. The highest BCUT2D eigenvalue weighted by Crippen LogP contribution is 2.27. The van der Waals surface area contributed by atoms with Crippen LogP contribution in [0.2, 0.25) is 0 Å². The van der Waals surface area contributed by atoms with E-state index in [1.807, 2.05) is 61.5 Å². The Morgan fingerprint density at radius 2 is 1.93 bits per heavy atom. The van der Waals surface area contributed by atoms with E-state index in [4.69, 9.17) is 4.42 Å². The van der Waals surface area contributed by atoms with E-state index >= 15 is 0 Å². The number of anilines is 1. The lowest BCUT2D eigenvalue weighted by atomic mass is 10.1. The van der Waals surface area contributed by atoms with Gasteiger partial charge in [0, 0.05) is 37.2 Å². The maximum absolute atomic E-state index is 12.6. The molecule has 0 saturated carbocycles. The molecule has 1 atom stereocenters. The van der Waals surface area contributed by atoms with Crippen LogP contribution < -0.4 is 4.90 Å². The molecule has 1 unspecified atom stereocenters. The third-order valence-electron chi connectivity index (χ3n) is 5.48. The topological polar surface area (TPSA) is 53.8 Å². The normalized spacial score (nSPS) is 15.4. The van der Waals surface area contributed by atoms with E-state index < -0.39 is 0 Å². The van der Waals surface area contributed by atoms with Crippen molar-refractivity contribution in [2.75, 3.05) is 18.5 Å². The number of amides is 2. The fraction of sp³-hybridized carbons (Fsp3) is 0.250. The molecule has 2 heterocycles. The van der Waals surface area contributed by atoms with Crippen LogP contribution in [-0.4, -0.2) is 30.3 Å². The van der Waals surface area contributed by atoms with Gasteiger partial charge in [-0.3, -0.25) is 9.59 Å². The molecule has 1 aliphatic rings. The highest BCUT2D eigenvalue weighted by atomic mass is 16.3. The summed E-state index contributed by atoms with van der Waals surface area (Å²) in [4.78, 5) is 27.9. The number of likely N-dealkylation sites (N-methyl/N-ethyl adjacent to an activating group) is 1.